The molecule has 27 heavy (non-hydrogen) atoms. The topological polar surface area (TPSA) is 81.4 Å². The normalized spacial score (nSPS) is 15.9. The minimum Gasteiger partial charge on any atom is -0.467 e. The van der Waals surface area contributed by atoms with E-state index in [9.17, 15) is 9.59 Å². The third-order valence-corrected chi connectivity index (χ3v) is 5.12. The van der Waals surface area contributed by atoms with E-state index in [1.807, 2.05) is 31.2 Å². The quantitative estimate of drug-likeness (QED) is 0.786. The van der Waals surface area contributed by atoms with Crippen molar-refractivity contribution in [3.8, 4) is 11.3 Å². The van der Waals surface area contributed by atoms with Crippen molar-refractivity contribution in [2.45, 2.75) is 57.4 Å². The highest BCUT2D eigenvalue weighted by Crippen LogP contribution is 2.29. The van der Waals surface area contributed by atoms with Gasteiger partial charge in [-0.15, -0.1) is 0 Å². The predicted molar refractivity (Wildman–Crippen MR) is 101 cm³/mol. The van der Waals surface area contributed by atoms with Gasteiger partial charge in [0, 0.05) is 18.4 Å². The maximum atomic E-state index is 12.4. The first-order valence-electron chi connectivity index (χ1n) is 9.43. The molecule has 6 nitrogen and oxygen atoms in total. The Morgan fingerprint density at radius 2 is 1.89 bits per heavy atom. The van der Waals surface area contributed by atoms with E-state index < -0.39 is 5.54 Å². The van der Waals surface area contributed by atoms with Gasteiger partial charge in [-0.2, -0.15) is 0 Å². The summed E-state index contributed by atoms with van der Waals surface area (Å²) in [6.07, 6.45) is 6.43. The number of benzene rings is 1. The molecule has 1 aliphatic rings. The summed E-state index contributed by atoms with van der Waals surface area (Å²) in [5.74, 6) is 0.658. The second-order valence-corrected chi connectivity index (χ2v) is 7.17. The van der Waals surface area contributed by atoms with Crippen molar-refractivity contribution in [3.05, 3.63) is 41.9 Å². The number of nitrogens with zero attached hydrogens (tertiary/aromatic N) is 1. The third kappa shape index (κ3) is 4.56. The molecule has 0 spiro atoms. The van der Waals surface area contributed by atoms with E-state index in [4.69, 9.17) is 9.15 Å². The number of esters is 1. The number of carbonyl (C=O) groups excluding carboxylic acids is 2. The highest BCUT2D eigenvalue weighted by Gasteiger charge is 2.41. The van der Waals surface area contributed by atoms with Gasteiger partial charge in [0.25, 0.3) is 0 Å². The van der Waals surface area contributed by atoms with Crippen LogP contribution >= 0.6 is 0 Å². The van der Waals surface area contributed by atoms with Crippen LogP contribution in [0, 0.1) is 6.92 Å². The molecule has 6 heteroatoms. The number of ether oxygens (including phenoxy) is 1. The number of carbonyl (C=O) groups is 2. The molecule has 1 fully saturated rings. The van der Waals surface area contributed by atoms with Crippen LogP contribution in [0.5, 0.6) is 0 Å². The molecule has 144 valence electrons. The Balaban J connectivity index is 1.59. The number of oxazole rings is 1. The van der Waals surface area contributed by atoms with Crippen molar-refractivity contribution < 1.29 is 18.7 Å². The van der Waals surface area contributed by atoms with E-state index in [2.05, 4.69) is 10.3 Å². The molecular formula is C21H26N2O4. The first kappa shape index (κ1) is 19.1. The summed E-state index contributed by atoms with van der Waals surface area (Å²) < 4.78 is 10.7. The van der Waals surface area contributed by atoms with Crippen LogP contribution in [0.3, 0.4) is 0 Å². The highest BCUT2D eigenvalue weighted by atomic mass is 16.5. The van der Waals surface area contributed by atoms with Gasteiger partial charge in [-0.25, -0.2) is 9.78 Å². The molecule has 0 aliphatic heterocycles. The second kappa shape index (κ2) is 8.37. The number of nitrogens with one attached hydrogen (secondary N) is 1. The minimum absolute atomic E-state index is 0.183. The van der Waals surface area contributed by atoms with Gasteiger partial charge in [-0.3, -0.25) is 4.79 Å². The fourth-order valence-corrected chi connectivity index (χ4v) is 3.56. The largest absolute Gasteiger partial charge is 0.467 e. The summed E-state index contributed by atoms with van der Waals surface area (Å²) in [7, 11) is 1.37. The lowest BCUT2D eigenvalue weighted by Gasteiger charge is -2.35. The van der Waals surface area contributed by atoms with E-state index >= 15 is 0 Å². The van der Waals surface area contributed by atoms with Gasteiger partial charge in [0.1, 0.15) is 5.54 Å². The fraction of sp³-hybridized carbons (Fsp3) is 0.476. The van der Waals surface area contributed by atoms with Crippen molar-refractivity contribution in [1.82, 2.24) is 10.3 Å². The Hall–Kier alpha value is -2.63. The lowest BCUT2D eigenvalue weighted by atomic mass is 9.81. The molecule has 0 atom stereocenters. The monoisotopic (exact) mass is 370 g/mol. The van der Waals surface area contributed by atoms with Gasteiger partial charge in [0.2, 0.25) is 5.91 Å². The van der Waals surface area contributed by atoms with Crippen LogP contribution in [0.4, 0.5) is 0 Å². The van der Waals surface area contributed by atoms with E-state index in [1.165, 1.54) is 12.7 Å². The maximum Gasteiger partial charge on any atom is 0.331 e. The zero-order valence-corrected chi connectivity index (χ0v) is 15.9. The molecule has 0 radical (unpaired) electrons. The Kier molecular flexibility index (Phi) is 5.94. The summed E-state index contributed by atoms with van der Waals surface area (Å²) in [5.41, 5.74) is 1.25. The SMILES string of the molecule is COC(=O)C1(NC(=O)CCc2ncc(-c3ccc(C)cc3)o2)CCCCC1. The molecule has 1 aromatic heterocycles. The molecule has 1 saturated carbocycles. The van der Waals surface area contributed by atoms with E-state index in [1.54, 1.807) is 6.20 Å². The first-order valence-corrected chi connectivity index (χ1v) is 9.43. The number of aryl methyl sites for hydroxylation is 2. The van der Waals surface area contributed by atoms with E-state index in [0.29, 0.717) is 30.9 Å². The summed E-state index contributed by atoms with van der Waals surface area (Å²) in [6, 6.07) is 7.99. The maximum absolute atomic E-state index is 12.4. The van der Waals surface area contributed by atoms with E-state index in [0.717, 1.165) is 24.8 Å². The molecule has 1 N–H and O–H groups in total. The van der Waals surface area contributed by atoms with Gasteiger partial charge >= 0.3 is 5.97 Å². The smallest absolute Gasteiger partial charge is 0.331 e. The van der Waals surface area contributed by atoms with Crippen LogP contribution in [-0.4, -0.2) is 29.5 Å². The molecule has 2 aromatic rings. The summed E-state index contributed by atoms with van der Waals surface area (Å²) in [4.78, 5) is 28.9. The standard InChI is InChI=1S/C21H26N2O4/c1-15-6-8-16(9-7-15)17-14-22-19(27-17)11-10-18(24)23-21(20(25)26-2)12-4-3-5-13-21/h6-9,14H,3-5,10-13H2,1-2H3,(H,23,24). The average molecular weight is 370 g/mol. The van der Waals surface area contributed by atoms with Crippen molar-refractivity contribution in [2.24, 2.45) is 0 Å². The lowest BCUT2D eigenvalue weighted by molar-refractivity contribution is -0.152. The Bertz CT molecular complexity index is 789. The Morgan fingerprint density at radius 1 is 1.19 bits per heavy atom. The van der Waals surface area contributed by atoms with Crippen LogP contribution in [0.1, 0.15) is 50.0 Å². The molecule has 1 amide bonds. The van der Waals surface area contributed by atoms with Crippen molar-refractivity contribution in [1.29, 1.82) is 0 Å². The molecule has 1 heterocycles. The lowest BCUT2D eigenvalue weighted by Crippen LogP contribution is -2.56. The third-order valence-electron chi connectivity index (χ3n) is 5.12. The molecule has 0 unspecified atom stereocenters. The highest BCUT2D eigenvalue weighted by molar-refractivity contribution is 5.88. The number of rotatable bonds is 6. The summed E-state index contributed by atoms with van der Waals surface area (Å²) in [5, 5.41) is 2.92. The van der Waals surface area contributed by atoms with Gasteiger partial charge in [0.05, 0.1) is 13.3 Å². The van der Waals surface area contributed by atoms with Crippen molar-refractivity contribution in [2.75, 3.05) is 7.11 Å². The number of amides is 1. The average Bonchev–Trinajstić information content (AvgIpc) is 3.16. The van der Waals surface area contributed by atoms with Crippen LogP contribution in [0.15, 0.2) is 34.9 Å². The number of aromatic nitrogens is 1. The van der Waals surface area contributed by atoms with E-state index in [-0.39, 0.29) is 18.3 Å². The minimum atomic E-state index is -0.881. The van der Waals surface area contributed by atoms with Crippen LogP contribution < -0.4 is 5.32 Å². The summed E-state index contributed by atoms with van der Waals surface area (Å²) in [6.45, 7) is 2.03. The second-order valence-electron chi connectivity index (χ2n) is 7.17. The molecular weight excluding hydrogens is 344 g/mol. The predicted octanol–water partition coefficient (Wildman–Crippen LogP) is 3.57. The number of hydrogen-bond acceptors (Lipinski definition) is 5. The molecule has 1 aromatic carbocycles. The van der Waals surface area contributed by atoms with Gasteiger partial charge in [0.15, 0.2) is 11.7 Å². The van der Waals surface area contributed by atoms with Crippen molar-refractivity contribution >= 4 is 11.9 Å². The zero-order valence-electron chi connectivity index (χ0n) is 15.9. The zero-order chi connectivity index (χ0) is 19.3. The molecule has 0 saturated heterocycles. The van der Waals surface area contributed by atoms with Crippen LogP contribution in [-0.2, 0) is 20.7 Å². The molecule has 0 bridgehead atoms. The van der Waals surface area contributed by atoms with Gasteiger partial charge in [-0.1, -0.05) is 49.1 Å². The van der Waals surface area contributed by atoms with Crippen molar-refractivity contribution in [3.63, 3.8) is 0 Å². The molecule has 3 rings (SSSR count). The van der Waals surface area contributed by atoms with Crippen LogP contribution in [0.2, 0.25) is 0 Å². The molecule has 1 aliphatic carbocycles. The number of hydrogen-bond donors (Lipinski definition) is 1. The fourth-order valence-electron chi connectivity index (χ4n) is 3.56. The summed E-state index contributed by atoms with van der Waals surface area (Å²) >= 11 is 0. The van der Waals surface area contributed by atoms with Crippen LogP contribution in [0.25, 0.3) is 11.3 Å². The van der Waals surface area contributed by atoms with Gasteiger partial charge in [-0.05, 0) is 19.8 Å². The van der Waals surface area contributed by atoms with Gasteiger partial charge < -0.3 is 14.5 Å². The number of methoxy groups -OCH3 is 1. The Labute approximate surface area is 159 Å². The Morgan fingerprint density at radius 3 is 2.56 bits per heavy atom. The first-order chi connectivity index (χ1) is 13.0.